The number of unbranched alkanes of at least 4 members (excludes halogenated alkanes) is 1. The van der Waals surface area contributed by atoms with Crippen LogP contribution in [-0.4, -0.2) is 80.6 Å². The number of halogens is 1. The second-order valence-electron chi connectivity index (χ2n) is 11.1. The SMILES string of the molecule is CCCCN1C(=O)C(C)N(CC(=O)NCCc2ccc(Cl)cc2)C(=O)C1Cc1ccc(-c2cc(OC)c(OC)c(OC)c2)cc1. The summed E-state index contributed by atoms with van der Waals surface area (Å²) in [5, 5.41) is 3.54. The predicted molar refractivity (Wildman–Crippen MR) is 175 cm³/mol. The Hall–Kier alpha value is -4.24. The molecule has 10 heteroatoms. The first kappa shape index (κ1) is 33.6. The maximum Gasteiger partial charge on any atom is 0.246 e. The Labute approximate surface area is 270 Å². The highest BCUT2D eigenvalue weighted by Crippen LogP contribution is 2.41. The minimum Gasteiger partial charge on any atom is -0.493 e. The van der Waals surface area contributed by atoms with Gasteiger partial charge in [0.05, 0.1) is 21.3 Å². The van der Waals surface area contributed by atoms with Crippen LogP contribution in [0.4, 0.5) is 0 Å². The largest absolute Gasteiger partial charge is 0.493 e. The van der Waals surface area contributed by atoms with Crippen molar-refractivity contribution in [3.63, 3.8) is 0 Å². The maximum absolute atomic E-state index is 13.9. The Kier molecular flexibility index (Phi) is 11.7. The van der Waals surface area contributed by atoms with Gasteiger partial charge in [0, 0.05) is 24.5 Å². The molecular formula is C35H42ClN3O6. The van der Waals surface area contributed by atoms with Crippen molar-refractivity contribution in [1.82, 2.24) is 15.1 Å². The molecule has 240 valence electrons. The van der Waals surface area contributed by atoms with Gasteiger partial charge in [-0.05, 0) is 66.3 Å². The molecule has 9 nitrogen and oxygen atoms in total. The minimum atomic E-state index is -0.727. The lowest BCUT2D eigenvalue weighted by molar-refractivity contribution is -0.162. The highest BCUT2D eigenvalue weighted by atomic mass is 35.5. The number of rotatable bonds is 14. The van der Waals surface area contributed by atoms with Crippen LogP contribution in [0.2, 0.25) is 5.02 Å². The Balaban J connectivity index is 1.49. The van der Waals surface area contributed by atoms with Gasteiger partial charge >= 0.3 is 0 Å². The summed E-state index contributed by atoms with van der Waals surface area (Å²) in [6.45, 7) is 4.47. The van der Waals surface area contributed by atoms with E-state index >= 15 is 0 Å². The molecule has 0 aromatic heterocycles. The number of amides is 3. The lowest BCUT2D eigenvalue weighted by atomic mass is 9.96. The number of benzene rings is 3. The lowest BCUT2D eigenvalue weighted by Gasteiger charge is -2.44. The fourth-order valence-electron chi connectivity index (χ4n) is 5.56. The monoisotopic (exact) mass is 635 g/mol. The highest BCUT2D eigenvalue weighted by Gasteiger charge is 2.44. The average molecular weight is 636 g/mol. The van der Waals surface area contributed by atoms with E-state index in [9.17, 15) is 14.4 Å². The first-order valence-electron chi connectivity index (χ1n) is 15.2. The molecule has 0 spiro atoms. The molecule has 45 heavy (non-hydrogen) atoms. The molecule has 2 unspecified atom stereocenters. The van der Waals surface area contributed by atoms with Crippen molar-refractivity contribution in [3.05, 3.63) is 76.8 Å². The molecule has 0 bridgehead atoms. The Morgan fingerprint density at radius 1 is 0.844 bits per heavy atom. The van der Waals surface area contributed by atoms with E-state index in [0.717, 1.165) is 35.1 Å². The first-order chi connectivity index (χ1) is 21.7. The molecule has 1 N–H and O–H groups in total. The first-order valence-corrected chi connectivity index (χ1v) is 15.6. The second-order valence-corrected chi connectivity index (χ2v) is 11.5. The van der Waals surface area contributed by atoms with Gasteiger partial charge in [0.25, 0.3) is 0 Å². The zero-order valence-electron chi connectivity index (χ0n) is 26.6. The number of piperazine rings is 1. The van der Waals surface area contributed by atoms with E-state index in [0.29, 0.717) is 48.2 Å². The number of nitrogens with zero attached hydrogens (tertiary/aromatic N) is 2. The van der Waals surface area contributed by atoms with Crippen molar-refractivity contribution >= 4 is 29.3 Å². The summed E-state index contributed by atoms with van der Waals surface area (Å²) in [6, 6.07) is 17.6. The van der Waals surface area contributed by atoms with Crippen molar-refractivity contribution in [2.45, 2.75) is 51.6 Å². The van der Waals surface area contributed by atoms with E-state index in [2.05, 4.69) is 12.2 Å². The summed E-state index contributed by atoms with van der Waals surface area (Å²) in [5.41, 5.74) is 3.75. The van der Waals surface area contributed by atoms with Crippen LogP contribution >= 0.6 is 11.6 Å². The lowest BCUT2D eigenvalue weighted by Crippen LogP contribution is -2.65. The van der Waals surface area contributed by atoms with Crippen LogP contribution in [0.3, 0.4) is 0 Å². The van der Waals surface area contributed by atoms with Crippen LogP contribution in [-0.2, 0) is 27.2 Å². The van der Waals surface area contributed by atoms with Gasteiger partial charge in [-0.25, -0.2) is 0 Å². The third kappa shape index (κ3) is 8.08. The predicted octanol–water partition coefficient (Wildman–Crippen LogP) is 5.16. The van der Waals surface area contributed by atoms with Crippen LogP contribution in [0.25, 0.3) is 11.1 Å². The van der Waals surface area contributed by atoms with Crippen molar-refractivity contribution in [1.29, 1.82) is 0 Å². The topological polar surface area (TPSA) is 97.4 Å². The molecule has 1 saturated heterocycles. The highest BCUT2D eigenvalue weighted by molar-refractivity contribution is 6.30. The Bertz CT molecular complexity index is 1450. The van der Waals surface area contributed by atoms with Gasteiger partial charge < -0.3 is 29.3 Å². The third-order valence-corrected chi connectivity index (χ3v) is 8.40. The fraction of sp³-hybridized carbons (Fsp3) is 0.400. The van der Waals surface area contributed by atoms with E-state index in [1.54, 1.807) is 33.2 Å². The van der Waals surface area contributed by atoms with Gasteiger partial charge in [0.1, 0.15) is 18.6 Å². The van der Waals surface area contributed by atoms with Gasteiger partial charge in [0.15, 0.2) is 11.5 Å². The van der Waals surface area contributed by atoms with E-state index in [1.807, 2.05) is 60.7 Å². The smallest absolute Gasteiger partial charge is 0.246 e. The molecule has 0 saturated carbocycles. The molecule has 0 radical (unpaired) electrons. The van der Waals surface area contributed by atoms with Gasteiger partial charge in [0.2, 0.25) is 23.5 Å². The normalized spacial score (nSPS) is 16.5. The Morgan fingerprint density at radius 2 is 1.47 bits per heavy atom. The summed E-state index contributed by atoms with van der Waals surface area (Å²) < 4.78 is 16.5. The minimum absolute atomic E-state index is 0.143. The van der Waals surface area contributed by atoms with E-state index in [1.165, 1.54) is 4.90 Å². The zero-order valence-corrected chi connectivity index (χ0v) is 27.4. The van der Waals surface area contributed by atoms with Gasteiger partial charge in [-0.2, -0.15) is 0 Å². The molecule has 4 rings (SSSR count). The fourth-order valence-corrected chi connectivity index (χ4v) is 5.69. The molecule has 0 aliphatic carbocycles. The van der Waals surface area contributed by atoms with Crippen LogP contribution in [0.15, 0.2) is 60.7 Å². The maximum atomic E-state index is 13.9. The van der Waals surface area contributed by atoms with Crippen molar-refractivity contribution in [3.8, 4) is 28.4 Å². The third-order valence-electron chi connectivity index (χ3n) is 8.15. The van der Waals surface area contributed by atoms with E-state index < -0.39 is 12.1 Å². The number of methoxy groups -OCH3 is 3. The molecule has 3 amide bonds. The Morgan fingerprint density at radius 3 is 2.04 bits per heavy atom. The standard InChI is InChI=1S/C35H42ClN3O6/c1-6-7-18-38-29(19-25-8-12-26(13-9-25)27-20-30(43-3)33(45-5)31(21-27)44-4)35(42)39(23(2)34(38)41)22-32(40)37-17-16-24-10-14-28(36)15-11-24/h8-15,20-21,23,29H,6-7,16-19,22H2,1-5H3,(H,37,40). The van der Waals surface area contributed by atoms with Gasteiger partial charge in [-0.15, -0.1) is 0 Å². The summed E-state index contributed by atoms with van der Waals surface area (Å²) >= 11 is 5.96. The summed E-state index contributed by atoms with van der Waals surface area (Å²) in [7, 11) is 4.71. The molecule has 1 aliphatic rings. The van der Waals surface area contributed by atoms with Crippen LogP contribution in [0.5, 0.6) is 17.2 Å². The summed E-state index contributed by atoms with van der Waals surface area (Å²) in [6.07, 6.45) is 2.64. The molecule has 1 heterocycles. The number of hydrogen-bond donors (Lipinski definition) is 1. The quantitative estimate of drug-likeness (QED) is 0.263. The number of carbonyl (C=O) groups is 3. The number of hydrogen-bond acceptors (Lipinski definition) is 6. The van der Waals surface area contributed by atoms with Crippen LogP contribution < -0.4 is 19.5 Å². The molecule has 2 atom stereocenters. The number of nitrogens with one attached hydrogen (secondary N) is 1. The van der Waals surface area contributed by atoms with E-state index in [4.69, 9.17) is 25.8 Å². The van der Waals surface area contributed by atoms with Gasteiger partial charge in [-0.3, -0.25) is 14.4 Å². The summed E-state index contributed by atoms with van der Waals surface area (Å²) in [4.78, 5) is 43.5. The molecule has 3 aromatic carbocycles. The van der Waals surface area contributed by atoms with Crippen LogP contribution in [0, 0.1) is 0 Å². The van der Waals surface area contributed by atoms with Crippen molar-refractivity contribution in [2.75, 3.05) is 41.0 Å². The zero-order chi connectivity index (χ0) is 32.5. The van der Waals surface area contributed by atoms with Crippen molar-refractivity contribution < 1.29 is 28.6 Å². The van der Waals surface area contributed by atoms with Crippen LogP contribution in [0.1, 0.15) is 37.8 Å². The number of ether oxygens (including phenoxy) is 3. The summed E-state index contributed by atoms with van der Waals surface area (Å²) in [5.74, 6) is 0.958. The molecule has 3 aromatic rings. The molecular weight excluding hydrogens is 594 g/mol. The van der Waals surface area contributed by atoms with Gasteiger partial charge in [-0.1, -0.05) is 61.3 Å². The second kappa shape index (κ2) is 15.7. The average Bonchev–Trinajstić information content (AvgIpc) is 3.05. The molecule has 1 fully saturated rings. The van der Waals surface area contributed by atoms with E-state index in [-0.39, 0.29) is 24.3 Å². The number of carbonyl (C=O) groups excluding carboxylic acids is 3. The molecule has 1 aliphatic heterocycles. The van der Waals surface area contributed by atoms with Crippen molar-refractivity contribution in [2.24, 2.45) is 0 Å².